The molecule has 0 aliphatic carbocycles. The number of amides is 1. The van der Waals surface area contributed by atoms with Gasteiger partial charge in [-0.05, 0) is 41.3 Å². The molecule has 0 fully saturated rings. The molecule has 1 amide bonds. The molecule has 90 valence electrons. The smallest absolute Gasteiger partial charge is 0.411 e. The highest BCUT2D eigenvalue weighted by atomic mass is 16.4. The van der Waals surface area contributed by atoms with Crippen molar-refractivity contribution in [2.24, 2.45) is 0 Å². The number of benzene rings is 1. The van der Waals surface area contributed by atoms with Gasteiger partial charge in [0.2, 0.25) is 0 Å². The number of pyridine rings is 1. The minimum Gasteiger partial charge on any atom is -0.465 e. The summed E-state index contributed by atoms with van der Waals surface area (Å²) in [7, 11) is 0. The molecule has 0 atom stereocenters. The van der Waals surface area contributed by atoms with Gasteiger partial charge in [-0.3, -0.25) is 9.88 Å². The Balaban J connectivity index is 2.06. The van der Waals surface area contributed by atoms with Gasteiger partial charge in [-0.25, -0.2) is 4.79 Å². The molecular weight excluding hydrogens is 228 g/mol. The SMILES string of the molecule is O=C(O)N1CCc2ccc(-c3ccncc3)cc21. The quantitative estimate of drug-likeness (QED) is 0.833. The average molecular weight is 240 g/mol. The fraction of sp³-hybridized carbons (Fsp3) is 0.143. The largest absolute Gasteiger partial charge is 0.465 e. The van der Waals surface area contributed by atoms with E-state index in [4.69, 9.17) is 5.11 Å². The van der Waals surface area contributed by atoms with Gasteiger partial charge in [0.1, 0.15) is 0 Å². The highest BCUT2D eigenvalue weighted by Gasteiger charge is 2.24. The highest BCUT2D eigenvalue weighted by Crippen LogP contribution is 2.32. The Bertz CT molecular complexity index is 596. The van der Waals surface area contributed by atoms with Crippen LogP contribution in [0.15, 0.2) is 42.7 Å². The first-order valence-corrected chi connectivity index (χ1v) is 5.79. The third kappa shape index (κ3) is 1.72. The Labute approximate surface area is 105 Å². The van der Waals surface area contributed by atoms with Crippen molar-refractivity contribution >= 4 is 11.8 Å². The van der Waals surface area contributed by atoms with Crippen LogP contribution in [0.2, 0.25) is 0 Å². The summed E-state index contributed by atoms with van der Waals surface area (Å²) in [4.78, 5) is 16.5. The van der Waals surface area contributed by atoms with Gasteiger partial charge < -0.3 is 5.11 Å². The normalized spacial score (nSPS) is 13.4. The molecule has 1 aromatic carbocycles. The molecule has 0 spiro atoms. The van der Waals surface area contributed by atoms with Crippen LogP contribution in [0.4, 0.5) is 10.5 Å². The van der Waals surface area contributed by atoms with Gasteiger partial charge in [0.05, 0.1) is 5.69 Å². The number of hydrogen-bond donors (Lipinski definition) is 1. The lowest BCUT2D eigenvalue weighted by Gasteiger charge is -2.13. The molecule has 2 heterocycles. The molecule has 3 rings (SSSR count). The number of anilines is 1. The molecule has 18 heavy (non-hydrogen) atoms. The topological polar surface area (TPSA) is 53.4 Å². The number of rotatable bonds is 1. The Morgan fingerprint density at radius 2 is 1.94 bits per heavy atom. The van der Waals surface area contributed by atoms with Gasteiger partial charge in [-0.1, -0.05) is 12.1 Å². The van der Waals surface area contributed by atoms with E-state index in [1.54, 1.807) is 12.4 Å². The first kappa shape index (κ1) is 10.8. The maximum absolute atomic E-state index is 11.1. The van der Waals surface area contributed by atoms with Crippen molar-refractivity contribution in [2.75, 3.05) is 11.4 Å². The molecule has 0 saturated heterocycles. The summed E-state index contributed by atoms with van der Waals surface area (Å²) >= 11 is 0. The third-order valence-corrected chi connectivity index (χ3v) is 3.23. The lowest BCUT2D eigenvalue weighted by atomic mass is 10.0. The summed E-state index contributed by atoms with van der Waals surface area (Å²) in [6.45, 7) is 0.546. The fourth-order valence-electron chi connectivity index (χ4n) is 2.30. The van der Waals surface area contributed by atoms with Gasteiger partial charge in [0.25, 0.3) is 0 Å². The van der Waals surface area contributed by atoms with Gasteiger partial charge in [-0.2, -0.15) is 0 Å². The second-order valence-electron chi connectivity index (χ2n) is 4.26. The van der Waals surface area contributed by atoms with E-state index in [0.29, 0.717) is 6.54 Å². The second kappa shape index (κ2) is 4.14. The summed E-state index contributed by atoms with van der Waals surface area (Å²) in [5.74, 6) is 0. The molecule has 4 heteroatoms. The lowest BCUT2D eigenvalue weighted by Crippen LogP contribution is -2.26. The van der Waals surface area contributed by atoms with Crippen molar-refractivity contribution in [3.05, 3.63) is 48.3 Å². The summed E-state index contributed by atoms with van der Waals surface area (Å²) in [5, 5.41) is 9.14. The van der Waals surface area contributed by atoms with E-state index in [9.17, 15) is 4.79 Å². The molecule has 0 saturated carbocycles. The molecule has 0 unspecified atom stereocenters. The zero-order valence-corrected chi connectivity index (χ0v) is 9.71. The molecule has 1 N–H and O–H groups in total. The van der Waals surface area contributed by atoms with Crippen LogP contribution in [-0.2, 0) is 6.42 Å². The molecule has 0 bridgehead atoms. The van der Waals surface area contributed by atoms with Crippen molar-refractivity contribution in [1.82, 2.24) is 4.98 Å². The standard InChI is InChI=1S/C14H12N2O2/c17-14(18)16-8-5-11-1-2-12(9-13(11)16)10-3-6-15-7-4-10/h1-4,6-7,9H,5,8H2,(H,17,18). The Morgan fingerprint density at radius 1 is 1.17 bits per heavy atom. The number of fused-ring (bicyclic) bond motifs is 1. The first-order valence-electron chi connectivity index (χ1n) is 5.79. The van der Waals surface area contributed by atoms with Crippen molar-refractivity contribution in [1.29, 1.82) is 0 Å². The van der Waals surface area contributed by atoms with E-state index in [1.165, 1.54) is 4.90 Å². The van der Waals surface area contributed by atoms with Crippen LogP contribution in [0, 0.1) is 0 Å². The van der Waals surface area contributed by atoms with Crippen molar-refractivity contribution < 1.29 is 9.90 Å². The highest BCUT2D eigenvalue weighted by molar-refractivity contribution is 5.90. The number of carboxylic acid groups (broad SMARTS) is 1. The van der Waals surface area contributed by atoms with E-state index < -0.39 is 6.09 Å². The first-order chi connectivity index (χ1) is 8.75. The maximum Gasteiger partial charge on any atom is 0.411 e. The summed E-state index contributed by atoms with van der Waals surface area (Å²) in [6.07, 6.45) is 3.37. The van der Waals surface area contributed by atoms with Gasteiger partial charge in [-0.15, -0.1) is 0 Å². The minimum absolute atomic E-state index is 0.546. The average Bonchev–Trinajstić information content (AvgIpc) is 2.82. The van der Waals surface area contributed by atoms with Crippen LogP contribution in [0.3, 0.4) is 0 Å². The predicted molar refractivity (Wildman–Crippen MR) is 68.7 cm³/mol. The van der Waals surface area contributed by atoms with Gasteiger partial charge in [0.15, 0.2) is 0 Å². The molecule has 1 aromatic heterocycles. The number of nitrogens with zero attached hydrogens (tertiary/aromatic N) is 2. The number of carbonyl (C=O) groups is 1. The molecule has 2 aromatic rings. The van der Waals surface area contributed by atoms with Crippen molar-refractivity contribution in [2.45, 2.75) is 6.42 Å². The van der Waals surface area contributed by atoms with E-state index in [2.05, 4.69) is 4.98 Å². The van der Waals surface area contributed by atoms with Crippen LogP contribution in [0.5, 0.6) is 0 Å². The van der Waals surface area contributed by atoms with E-state index in [-0.39, 0.29) is 0 Å². The maximum atomic E-state index is 11.1. The van der Waals surface area contributed by atoms with Gasteiger partial charge in [0, 0.05) is 18.9 Å². The van der Waals surface area contributed by atoms with Gasteiger partial charge >= 0.3 is 6.09 Å². The fourth-order valence-corrected chi connectivity index (χ4v) is 2.30. The molecule has 0 radical (unpaired) electrons. The number of hydrogen-bond acceptors (Lipinski definition) is 2. The summed E-state index contributed by atoms with van der Waals surface area (Å²) in [6, 6.07) is 9.81. The monoisotopic (exact) mass is 240 g/mol. The summed E-state index contributed by atoms with van der Waals surface area (Å²) in [5.41, 5.74) is 3.96. The second-order valence-corrected chi connectivity index (χ2v) is 4.26. The zero-order chi connectivity index (χ0) is 12.5. The van der Waals surface area contributed by atoms with Crippen LogP contribution >= 0.6 is 0 Å². The predicted octanol–water partition coefficient (Wildman–Crippen LogP) is 2.79. The lowest BCUT2D eigenvalue weighted by molar-refractivity contribution is 0.202. The molecular formula is C14H12N2O2. The van der Waals surface area contributed by atoms with Crippen molar-refractivity contribution in [3.8, 4) is 11.1 Å². The van der Waals surface area contributed by atoms with Crippen LogP contribution in [0.1, 0.15) is 5.56 Å². The van der Waals surface area contributed by atoms with Crippen molar-refractivity contribution in [3.63, 3.8) is 0 Å². The Kier molecular flexibility index (Phi) is 2.48. The van der Waals surface area contributed by atoms with E-state index in [1.807, 2.05) is 30.3 Å². The minimum atomic E-state index is -0.888. The van der Waals surface area contributed by atoms with Crippen LogP contribution < -0.4 is 4.90 Å². The Hall–Kier alpha value is -2.36. The summed E-state index contributed by atoms with van der Waals surface area (Å²) < 4.78 is 0. The third-order valence-electron chi connectivity index (χ3n) is 3.23. The number of aromatic nitrogens is 1. The van der Waals surface area contributed by atoms with Crippen LogP contribution in [-0.4, -0.2) is 22.7 Å². The Morgan fingerprint density at radius 3 is 2.67 bits per heavy atom. The van der Waals surface area contributed by atoms with Crippen LogP contribution in [0.25, 0.3) is 11.1 Å². The molecule has 1 aliphatic heterocycles. The molecule has 1 aliphatic rings. The van der Waals surface area contributed by atoms with E-state index in [0.717, 1.165) is 28.8 Å². The zero-order valence-electron chi connectivity index (χ0n) is 9.71. The molecule has 4 nitrogen and oxygen atoms in total. The van der Waals surface area contributed by atoms with E-state index >= 15 is 0 Å².